The van der Waals surface area contributed by atoms with Gasteiger partial charge in [0.1, 0.15) is 24.7 Å². The first-order chi connectivity index (χ1) is 21.5. The molecule has 0 unspecified atom stereocenters. The number of carbonyl (C=O) groups is 1. The van der Waals surface area contributed by atoms with Crippen LogP contribution in [-0.2, 0) is 37.4 Å². The fourth-order valence-electron chi connectivity index (χ4n) is 6.74. The van der Waals surface area contributed by atoms with Gasteiger partial charge in [-0.2, -0.15) is 5.26 Å². The number of carbonyl (C=O) groups excluding carboxylic acids is 1. The lowest BCUT2D eigenvalue weighted by molar-refractivity contribution is -0.124. The van der Waals surface area contributed by atoms with E-state index in [9.17, 15) is 10.1 Å². The molecule has 0 radical (unpaired) electrons. The topological polar surface area (TPSA) is 88.6 Å². The average Bonchev–Trinajstić information content (AvgIpc) is 3.55. The third-order valence-electron chi connectivity index (χ3n) is 9.11. The van der Waals surface area contributed by atoms with Crippen LogP contribution in [0.3, 0.4) is 0 Å². The van der Waals surface area contributed by atoms with Crippen LogP contribution in [0.1, 0.15) is 64.6 Å². The highest BCUT2D eigenvalue weighted by molar-refractivity contribution is 5.80. The predicted octanol–water partition coefficient (Wildman–Crippen LogP) is 7.02. The first-order valence-electron chi connectivity index (χ1n) is 15.6. The van der Waals surface area contributed by atoms with Crippen LogP contribution < -0.4 is 15.2 Å². The van der Waals surface area contributed by atoms with E-state index in [1.807, 2.05) is 30.3 Å². The van der Waals surface area contributed by atoms with Crippen molar-refractivity contribution in [1.29, 1.82) is 5.26 Å². The Kier molecular flexibility index (Phi) is 8.95. The summed E-state index contributed by atoms with van der Waals surface area (Å²) in [5.74, 6) is 1.37. The van der Waals surface area contributed by atoms with Gasteiger partial charge in [-0.15, -0.1) is 0 Å². The van der Waals surface area contributed by atoms with Crippen molar-refractivity contribution in [2.45, 2.75) is 71.2 Å². The number of nitrogens with two attached hydrogens (primary N) is 1. The van der Waals surface area contributed by atoms with Crippen molar-refractivity contribution in [3.05, 3.63) is 118 Å². The first-order valence-corrected chi connectivity index (χ1v) is 15.6. The minimum atomic E-state index is -0.267. The Labute approximate surface area is 260 Å². The molecule has 44 heavy (non-hydrogen) atoms. The molecule has 1 fully saturated rings. The molecule has 0 aromatic heterocycles. The predicted molar refractivity (Wildman–Crippen MR) is 172 cm³/mol. The lowest BCUT2D eigenvalue weighted by atomic mass is 9.96. The number of nitriles is 1. The van der Waals surface area contributed by atoms with Crippen molar-refractivity contribution in [2.75, 3.05) is 6.54 Å². The van der Waals surface area contributed by atoms with E-state index in [0.29, 0.717) is 25.3 Å². The van der Waals surface area contributed by atoms with E-state index in [1.165, 1.54) is 27.8 Å². The van der Waals surface area contributed by atoms with Gasteiger partial charge in [-0.1, -0.05) is 67.1 Å². The summed E-state index contributed by atoms with van der Waals surface area (Å²) in [4.78, 5) is 14.6. The smallest absolute Gasteiger partial charge is 0.234 e. The van der Waals surface area contributed by atoms with E-state index in [0.717, 1.165) is 73.3 Å². The summed E-state index contributed by atoms with van der Waals surface area (Å²) in [6.45, 7) is 4.39. The van der Waals surface area contributed by atoms with Crippen LogP contribution in [0, 0.1) is 18.3 Å². The minimum absolute atomic E-state index is 0.259. The molecule has 0 spiro atoms. The number of piperidine rings is 1. The first kappa shape index (κ1) is 29.5. The van der Waals surface area contributed by atoms with Gasteiger partial charge in [-0.3, -0.25) is 9.69 Å². The Balaban J connectivity index is 1.33. The Bertz CT molecular complexity index is 1690. The van der Waals surface area contributed by atoms with Crippen LogP contribution in [0.5, 0.6) is 11.5 Å². The van der Waals surface area contributed by atoms with Gasteiger partial charge in [-0.05, 0) is 96.6 Å². The zero-order valence-electron chi connectivity index (χ0n) is 25.4. The van der Waals surface area contributed by atoms with Crippen molar-refractivity contribution in [3.8, 4) is 28.7 Å². The highest BCUT2D eigenvalue weighted by Crippen LogP contribution is 2.41. The Morgan fingerprint density at radius 3 is 2.52 bits per heavy atom. The summed E-state index contributed by atoms with van der Waals surface area (Å²) in [5, 5.41) is 9.39. The third-order valence-corrected chi connectivity index (χ3v) is 9.11. The van der Waals surface area contributed by atoms with Gasteiger partial charge >= 0.3 is 0 Å². The van der Waals surface area contributed by atoms with Gasteiger partial charge in [0.25, 0.3) is 0 Å². The number of fused-ring (bicyclic) bond motifs is 1. The summed E-state index contributed by atoms with van der Waals surface area (Å²) < 4.78 is 13.2. The number of nitrogens with zero attached hydrogens (tertiary/aromatic N) is 2. The summed E-state index contributed by atoms with van der Waals surface area (Å²) in [7, 11) is 0. The standard InChI is InChI=1S/C38H39N3O3/c1-26-30(14-8-15-31(26)29-12-3-2-4-13-29)25-44-36-21-37(43-24-28-11-7-10-27(20-28)22-39)34(32-16-9-17-33(32)36)23-41-19-6-5-18-35(41)38(40)42/h2-4,7-8,10-15,20-21,35H,5-6,9,16-19,23-25H2,1H3,(H2,40,42)/t35-/m0/s1. The maximum Gasteiger partial charge on any atom is 0.234 e. The molecule has 1 heterocycles. The van der Waals surface area contributed by atoms with Crippen molar-refractivity contribution in [3.63, 3.8) is 0 Å². The van der Waals surface area contributed by atoms with Gasteiger partial charge in [0, 0.05) is 18.2 Å². The number of ether oxygens (including phenoxy) is 2. The molecule has 0 saturated carbocycles. The highest BCUT2D eigenvalue weighted by Gasteiger charge is 2.31. The second kappa shape index (κ2) is 13.4. The molecule has 1 saturated heterocycles. The quantitative estimate of drug-likeness (QED) is 0.216. The largest absolute Gasteiger partial charge is 0.488 e. The molecule has 6 rings (SSSR count). The summed E-state index contributed by atoms with van der Waals surface area (Å²) in [6.07, 6.45) is 5.79. The Morgan fingerprint density at radius 1 is 0.909 bits per heavy atom. The molecular weight excluding hydrogens is 546 g/mol. The molecule has 1 amide bonds. The highest BCUT2D eigenvalue weighted by atomic mass is 16.5. The lowest BCUT2D eigenvalue weighted by Gasteiger charge is -2.34. The van der Waals surface area contributed by atoms with Crippen molar-refractivity contribution < 1.29 is 14.3 Å². The third kappa shape index (κ3) is 6.34. The van der Waals surface area contributed by atoms with Crippen LogP contribution in [0.25, 0.3) is 11.1 Å². The van der Waals surface area contributed by atoms with E-state index in [4.69, 9.17) is 15.2 Å². The zero-order valence-corrected chi connectivity index (χ0v) is 25.4. The van der Waals surface area contributed by atoms with Crippen molar-refractivity contribution in [2.24, 2.45) is 5.73 Å². The van der Waals surface area contributed by atoms with E-state index >= 15 is 0 Å². The number of benzene rings is 4. The molecule has 2 N–H and O–H groups in total. The summed E-state index contributed by atoms with van der Waals surface area (Å²) in [5.41, 5.74) is 15.8. The molecule has 6 heteroatoms. The van der Waals surface area contributed by atoms with Crippen molar-refractivity contribution in [1.82, 2.24) is 4.90 Å². The average molecular weight is 586 g/mol. The molecule has 4 aromatic rings. The van der Waals surface area contributed by atoms with Crippen molar-refractivity contribution >= 4 is 5.91 Å². The van der Waals surface area contributed by atoms with E-state index in [-0.39, 0.29) is 11.9 Å². The molecular formula is C38H39N3O3. The Hall–Kier alpha value is -4.60. The maximum absolute atomic E-state index is 12.4. The maximum atomic E-state index is 12.4. The van der Waals surface area contributed by atoms with Gasteiger partial charge in [0.05, 0.1) is 17.7 Å². The normalized spacial score (nSPS) is 16.2. The SMILES string of the molecule is Cc1c(COc2cc(OCc3cccc(C#N)c3)c(CN3CCCC[C@H]3C(N)=O)c3c2CCC3)cccc1-c1ccccc1. The molecule has 6 nitrogen and oxygen atoms in total. The zero-order chi connectivity index (χ0) is 30.5. The summed E-state index contributed by atoms with van der Waals surface area (Å²) in [6, 6.07) is 28.3. The second-order valence-electron chi connectivity index (χ2n) is 11.9. The van der Waals surface area contributed by atoms with E-state index in [2.05, 4.69) is 60.4 Å². The summed E-state index contributed by atoms with van der Waals surface area (Å²) >= 11 is 0. The van der Waals surface area contributed by atoms with E-state index in [1.54, 1.807) is 6.07 Å². The molecule has 1 aliphatic carbocycles. The molecule has 1 atom stereocenters. The number of hydrogen-bond donors (Lipinski definition) is 1. The van der Waals surface area contributed by atoms with Crippen LogP contribution in [-0.4, -0.2) is 23.4 Å². The van der Waals surface area contributed by atoms with Crippen LogP contribution in [0.4, 0.5) is 0 Å². The number of rotatable bonds is 10. The second-order valence-corrected chi connectivity index (χ2v) is 11.9. The Morgan fingerprint density at radius 2 is 1.70 bits per heavy atom. The molecule has 1 aliphatic heterocycles. The lowest BCUT2D eigenvalue weighted by Crippen LogP contribution is -2.47. The van der Waals surface area contributed by atoms with Gasteiger partial charge in [-0.25, -0.2) is 0 Å². The van der Waals surface area contributed by atoms with Crippen LogP contribution >= 0.6 is 0 Å². The molecule has 2 aliphatic rings. The van der Waals surface area contributed by atoms with Crippen LogP contribution in [0.2, 0.25) is 0 Å². The van der Waals surface area contributed by atoms with Gasteiger partial charge in [0.2, 0.25) is 5.91 Å². The molecule has 4 aromatic carbocycles. The number of hydrogen-bond acceptors (Lipinski definition) is 5. The number of primary amides is 1. The van der Waals surface area contributed by atoms with Crippen LogP contribution in [0.15, 0.2) is 78.9 Å². The molecule has 0 bridgehead atoms. The number of amides is 1. The monoisotopic (exact) mass is 585 g/mol. The minimum Gasteiger partial charge on any atom is -0.488 e. The molecule has 224 valence electrons. The van der Waals surface area contributed by atoms with Gasteiger partial charge < -0.3 is 15.2 Å². The fourth-order valence-corrected chi connectivity index (χ4v) is 6.74. The van der Waals surface area contributed by atoms with E-state index < -0.39 is 0 Å². The van der Waals surface area contributed by atoms with Gasteiger partial charge in [0.15, 0.2) is 0 Å². The number of likely N-dealkylation sites (tertiary alicyclic amines) is 1. The fraction of sp³-hybridized carbons (Fsp3) is 0.316.